The third-order valence-corrected chi connectivity index (χ3v) is 2.61. The highest BCUT2D eigenvalue weighted by molar-refractivity contribution is 9.10. The highest BCUT2D eigenvalue weighted by Gasteiger charge is 2.12. The largest absolute Gasteiger partial charge is 0.465 e. The molecule has 3 nitrogen and oxygen atoms in total. The summed E-state index contributed by atoms with van der Waals surface area (Å²) in [5.41, 5.74) is 0.324. The van der Waals surface area contributed by atoms with Gasteiger partial charge in [0.15, 0.2) is 0 Å². The van der Waals surface area contributed by atoms with Gasteiger partial charge in [0.05, 0.1) is 22.2 Å². The zero-order valence-corrected chi connectivity index (χ0v) is 8.52. The number of carbonyl (C=O) groups is 1. The highest BCUT2D eigenvalue weighted by atomic mass is 79.9. The molecule has 0 aliphatic rings. The number of rotatable bonds is 1. The summed E-state index contributed by atoms with van der Waals surface area (Å²) in [6.45, 7) is 0. The number of methoxy groups -OCH3 is 1. The minimum absolute atomic E-state index is 0.324. The predicted octanol–water partition coefficient (Wildman–Crippen LogP) is 2.28. The Morgan fingerprint density at radius 1 is 1.67 bits per heavy atom. The number of carbonyl (C=O) groups excluding carboxylic acids is 1. The van der Waals surface area contributed by atoms with Crippen LogP contribution in [-0.4, -0.2) is 18.1 Å². The van der Waals surface area contributed by atoms with Gasteiger partial charge in [0.2, 0.25) is 0 Å². The smallest absolute Gasteiger partial charge is 0.340 e. The molecule has 0 bridgehead atoms. The van der Waals surface area contributed by atoms with E-state index in [2.05, 4.69) is 25.7 Å². The van der Waals surface area contributed by atoms with Gasteiger partial charge >= 0.3 is 5.97 Å². The first kappa shape index (κ1) is 9.48. The fraction of sp³-hybridized carbons (Fsp3) is 0.143. The Kier molecular flexibility index (Phi) is 3.05. The van der Waals surface area contributed by atoms with Crippen molar-refractivity contribution in [2.24, 2.45) is 0 Å². The maximum atomic E-state index is 11.0. The van der Waals surface area contributed by atoms with Gasteiger partial charge in [-0.1, -0.05) is 11.6 Å². The molecule has 0 spiro atoms. The fourth-order valence-corrected chi connectivity index (χ4v) is 1.20. The summed E-state index contributed by atoms with van der Waals surface area (Å²) in [6, 6.07) is 0. The molecule has 1 aromatic rings. The van der Waals surface area contributed by atoms with Crippen LogP contribution >= 0.6 is 27.5 Å². The van der Waals surface area contributed by atoms with Crippen molar-refractivity contribution in [3.63, 3.8) is 0 Å². The Morgan fingerprint density at radius 3 is 2.92 bits per heavy atom. The van der Waals surface area contributed by atoms with E-state index in [0.29, 0.717) is 15.1 Å². The van der Waals surface area contributed by atoms with E-state index in [9.17, 15) is 4.79 Å². The third kappa shape index (κ3) is 1.76. The van der Waals surface area contributed by atoms with E-state index in [1.165, 1.54) is 19.5 Å². The number of ether oxygens (including phenoxy) is 1. The predicted molar refractivity (Wildman–Crippen MR) is 48.3 cm³/mol. The van der Waals surface area contributed by atoms with E-state index in [1.807, 2.05) is 0 Å². The molecule has 0 saturated heterocycles. The number of pyridine rings is 1. The van der Waals surface area contributed by atoms with E-state index in [0.717, 1.165) is 0 Å². The van der Waals surface area contributed by atoms with Gasteiger partial charge in [-0.25, -0.2) is 4.79 Å². The van der Waals surface area contributed by atoms with E-state index in [4.69, 9.17) is 11.6 Å². The number of nitrogens with zero attached hydrogens (tertiary/aromatic N) is 1. The zero-order chi connectivity index (χ0) is 9.14. The van der Waals surface area contributed by atoms with Crippen molar-refractivity contribution >= 4 is 33.5 Å². The molecule has 5 heteroatoms. The van der Waals surface area contributed by atoms with Crippen LogP contribution in [0.4, 0.5) is 0 Å². The number of hydrogen-bond donors (Lipinski definition) is 0. The molecule has 0 radical (unpaired) electrons. The van der Waals surface area contributed by atoms with Crippen LogP contribution in [-0.2, 0) is 4.74 Å². The standard InChI is InChI=1S/C7H5BrClNO2/c1-12-7(11)4-2-10-3-5(9)6(4)8/h2-3H,1H3. The molecule has 0 fully saturated rings. The molecule has 0 atom stereocenters. The first-order chi connectivity index (χ1) is 5.66. The molecule has 0 aliphatic carbocycles. The summed E-state index contributed by atoms with van der Waals surface area (Å²) in [4.78, 5) is 14.8. The molecular weight excluding hydrogens is 245 g/mol. The summed E-state index contributed by atoms with van der Waals surface area (Å²) in [5, 5.41) is 0.387. The van der Waals surface area contributed by atoms with Crippen LogP contribution in [0.2, 0.25) is 5.02 Å². The van der Waals surface area contributed by atoms with Gasteiger partial charge in [-0.15, -0.1) is 0 Å². The van der Waals surface area contributed by atoms with Crippen molar-refractivity contribution < 1.29 is 9.53 Å². The third-order valence-electron chi connectivity index (χ3n) is 1.24. The Hall–Kier alpha value is -0.610. The minimum atomic E-state index is -0.461. The van der Waals surface area contributed by atoms with Gasteiger partial charge in [-0.2, -0.15) is 0 Å². The van der Waals surface area contributed by atoms with Crippen molar-refractivity contribution in [2.45, 2.75) is 0 Å². The Balaban J connectivity index is 3.16. The van der Waals surface area contributed by atoms with Crippen molar-refractivity contribution in [3.8, 4) is 0 Å². The first-order valence-corrected chi connectivity index (χ1v) is 4.21. The Labute approximate surface area is 82.8 Å². The topological polar surface area (TPSA) is 39.2 Å². The van der Waals surface area contributed by atoms with Gasteiger partial charge in [0.25, 0.3) is 0 Å². The van der Waals surface area contributed by atoms with E-state index >= 15 is 0 Å². The zero-order valence-electron chi connectivity index (χ0n) is 6.17. The Bertz CT molecular complexity index is 316. The van der Waals surface area contributed by atoms with Crippen LogP contribution < -0.4 is 0 Å². The first-order valence-electron chi connectivity index (χ1n) is 3.04. The van der Waals surface area contributed by atoms with Crippen LogP contribution in [0.15, 0.2) is 16.9 Å². The average molecular weight is 250 g/mol. The SMILES string of the molecule is COC(=O)c1cncc(Cl)c1Br. The maximum Gasteiger partial charge on any atom is 0.340 e. The number of esters is 1. The molecule has 0 aliphatic heterocycles. The van der Waals surface area contributed by atoms with Crippen LogP contribution in [0, 0.1) is 0 Å². The van der Waals surface area contributed by atoms with Crippen molar-refractivity contribution in [2.75, 3.05) is 7.11 Å². The molecule has 1 rings (SSSR count). The van der Waals surface area contributed by atoms with Crippen LogP contribution in [0.5, 0.6) is 0 Å². The number of hydrogen-bond acceptors (Lipinski definition) is 3. The minimum Gasteiger partial charge on any atom is -0.465 e. The molecule has 0 unspecified atom stereocenters. The maximum absolute atomic E-state index is 11.0. The summed E-state index contributed by atoms with van der Waals surface area (Å²) in [7, 11) is 1.30. The number of aromatic nitrogens is 1. The fourth-order valence-electron chi connectivity index (χ4n) is 0.672. The molecular formula is C7H5BrClNO2. The second-order valence-corrected chi connectivity index (χ2v) is 3.17. The van der Waals surface area contributed by atoms with Crippen molar-refractivity contribution in [3.05, 3.63) is 27.5 Å². The van der Waals surface area contributed by atoms with Crippen LogP contribution in [0.1, 0.15) is 10.4 Å². The second kappa shape index (κ2) is 3.87. The van der Waals surface area contributed by atoms with Crippen molar-refractivity contribution in [1.29, 1.82) is 0 Å². The lowest BCUT2D eigenvalue weighted by atomic mass is 10.3. The molecule has 1 aromatic heterocycles. The van der Waals surface area contributed by atoms with E-state index < -0.39 is 5.97 Å². The lowest BCUT2D eigenvalue weighted by molar-refractivity contribution is 0.0599. The lowest BCUT2D eigenvalue weighted by Crippen LogP contribution is -2.02. The van der Waals surface area contributed by atoms with Crippen molar-refractivity contribution in [1.82, 2.24) is 4.98 Å². The van der Waals surface area contributed by atoms with E-state index in [-0.39, 0.29) is 0 Å². The van der Waals surface area contributed by atoms with Gasteiger partial charge in [-0.3, -0.25) is 4.98 Å². The summed E-state index contributed by atoms with van der Waals surface area (Å²) in [6.07, 6.45) is 2.83. The molecule has 0 aromatic carbocycles. The van der Waals surface area contributed by atoms with Crippen LogP contribution in [0.25, 0.3) is 0 Å². The summed E-state index contributed by atoms with van der Waals surface area (Å²) < 4.78 is 5.01. The normalized spacial score (nSPS) is 9.58. The quantitative estimate of drug-likeness (QED) is 0.718. The lowest BCUT2D eigenvalue weighted by Gasteiger charge is -2.01. The van der Waals surface area contributed by atoms with Gasteiger partial charge in [-0.05, 0) is 15.9 Å². The van der Waals surface area contributed by atoms with Gasteiger partial charge in [0, 0.05) is 12.4 Å². The molecule has 0 amide bonds. The average Bonchev–Trinajstić information content (AvgIpc) is 2.08. The summed E-state index contributed by atoms with van der Waals surface area (Å²) >= 11 is 8.85. The molecule has 1 heterocycles. The van der Waals surface area contributed by atoms with Gasteiger partial charge in [0.1, 0.15) is 0 Å². The molecule has 0 N–H and O–H groups in total. The molecule has 64 valence electrons. The molecule has 0 saturated carbocycles. The Morgan fingerprint density at radius 2 is 2.33 bits per heavy atom. The highest BCUT2D eigenvalue weighted by Crippen LogP contribution is 2.25. The second-order valence-electron chi connectivity index (χ2n) is 1.97. The monoisotopic (exact) mass is 249 g/mol. The van der Waals surface area contributed by atoms with Crippen LogP contribution in [0.3, 0.4) is 0 Å². The number of halogens is 2. The van der Waals surface area contributed by atoms with E-state index in [1.54, 1.807) is 0 Å². The van der Waals surface area contributed by atoms with Gasteiger partial charge < -0.3 is 4.74 Å². The summed E-state index contributed by atoms with van der Waals surface area (Å²) in [5.74, 6) is -0.461. The molecule has 12 heavy (non-hydrogen) atoms.